The molecule has 0 fully saturated rings. The molecule has 0 spiro atoms. The highest BCUT2D eigenvalue weighted by atomic mass is 16.3. The van der Waals surface area contributed by atoms with Crippen molar-refractivity contribution >= 4 is 56.6 Å². The Labute approximate surface area is 421 Å². The van der Waals surface area contributed by atoms with E-state index in [-0.39, 0.29) is 5.41 Å². The molecule has 9 rings (SSSR count). The van der Waals surface area contributed by atoms with E-state index < -0.39 is 0 Å². The molecule has 8 aromatic rings. The van der Waals surface area contributed by atoms with E-state index in [0.29, 0.717) is 0 Å². The topological polar surface area (TPSA) is 23.0 Å². The summed E-state index contributed by atoms with van der Waals surface area (Å²) in [5, 5.41) is 3.56. The fourth-order valence-electron chi connectivity index (χ4n) is 10.1. The van der Waals surface area contributed by atoms with Crippen LogP contribution in [-0.4, -0.2) is 9.13 Å². The molecule has 354 valence electrons. The van der Waals surface area contributed by atoms with Crippen LogP contribution in [0.3, 0.4) is 0 Å². The SMILES string of the molecule is C=C/C=C\c1oc2c(-n3c(C)cccc(-c4cc(C(/C=C/C(C)(C)CCC)=C/C=C(\C)C/C=C\C)cc(-c5cccc6c5c5ccccc5n6-c5ccccc5)c4)cc4c3C=CCC=C4)cccc2c1C. The summed E-state index contributed by atoms with van der Waals surface area (Å²) in [4.78, 5) is 0. The Morgan fingerprint density at radius 1 is 0.746 bits per heavy atom. The molecule has 71 heavy (non-hydrogen) atoms. The van der Waals surface area contributed by atoms with Crippen LogP contribution in [0.25, 0.3) is 90.2 Å². The lowest BCUT2D eigenvalue weighted by atomic mass is 9.86. The van der Waals surface area contributed by atoms with Crippen molar-refractivity contribution in [1.29, 1.82) is 0 Å². The molecule has 0 saturated heterocycles. The van der Waals surface area contributed by atoms with Gasteiger partial charge < -0.3 is 13.6 Å². The molecule has 0 radical (unpaired) electrons. The molecule has 0 amide bonds. The zero-order chi connectivity index (χ0) is 49.5. The molecule has 1 aliphatic rings. The predicted octanol–water partition coefficient (Wildman–Crippen LogP) is 19.7. The Morgan fingerprint density at radius 2 is 1.49 bits per heavy atom. The summed E-state index contributed by atoms with van der Waals surface area (Å²) in [6.45, 7) is 19.5. The number of benzene rings is 5. The van der Waals surface area contributed by atoms with Gasteiger partial charge in [0.1, 0.15) is 5.76 Å². The number of fused-ring (bicyclic) bond motifs is 5. The van der Waals surface area contributed by atoms with Gasteiger partial charge in [-0.25, -0.2) is 0 Å². The van der Waals surface area contributed by atoms with Crippen molar-refractivity contribution < 1.29 is 4.42 Å². The van der Waals surface area contributed by atoms with Gasteiger partial charge in [0.25, 0.3) is 0 Å². The first-order chi connectivity index (χ1) is 34.6. The van der Waals surface area contributed by atoms with Crippen LogP contribution < -0.4 is 0 Å². The Morgan fingerprint density at radius 3 is 2.31 bits per heavy atom. The average Bonchev–Trinajstić information content (AvgIpc) is 3.81. The van der Waals surface area contributed by atoms with Gasteiger partial charge in [0, 0.05) is 33.1 Å². The zero-order valence-electron chi connectivity index (χ0n) is 42.5. The monoisotopic (exact) mass is 927 g/mol. The van der Waals surface area contributed by atoms with Crippen molar-refractivity contribution in [1.82, 2.24) is 9.13 Å². The lowest BCUT2D eigenvalue weighted by molar-refractivity contribution is 0.432. The summed E-state index contributed by atoms with van der Waals surface area (Å²) in [5.41, 5.74) is 18.0. The number of nitrogens with zero attached hydrogens (tertiary/aromatic N) is 2. The first-order valence-electron chi connectivity index (χ1n) is 25.3. The van der Waals surface area contributed by atoms with E-state index in [1.165, 1.54) is 38.5 Å². The van der Waals surface area contributed by atoms with Crippen LogP contribution in [0.15, 0.2) is 211 Å². The summed E-state index contributed by atoms with van der Waals surface area (Å²) in [7, 11) is 0. The highest BCUT2D eigenvalue weighted by Gasteiger charge is 2.20. The summed E-state index contributed by atoms with van der Waals surface area (Å²) in [5.74, 6) is 0.836. The Kier molecular flexibility index (Phi) is 14.5. The van der Waals surface area contributed by atoms with Gasteiger partial charge in [-0.05, 0) is 164 Å². The van der Waals surface area contributed by atoms with Crippen molar-refractivity contribution in [2.45, 2.75) is 74.1 Å². The fraction of sp³-hybridized carbons (Fsp3) is 0.176. The van der Waals surface area contributed by atoms with Crippen LogP contribution in [-0.2, 0) is 0 Å². The number of hydrogen-bond donors (Lipinski definition) is 0. The van der Waals surface area contributed by atoms with E-state index in [0.717, 1.165) is 98.6 Å². The summed E-state index contributed by atoms with van der Waals surface area (Å²) >= 11 is 0. The van der Waals surface area contributed by atoms with E-state index in [9.17, 15) is 0 Å². The molecule has 3 heteroatoms. The second-order valence-electron chi connectivity index (χ2n) is 19.5. The van der Waals surface area contributed by atoms with Gasteiger partial charge in [0.2, 0.25) is 0 Å². The lowest BCUT2D eigenvalue weighted by Gasteiger charge is -2.19. The average molecular weight is 927 g/mol. The zero-order valence-corrected chi connectivity index (χ0v) is 42.5. The molecule has 0 aliphatic heterocycles. The fourth-order valence-corrected chi connectivity index (χ4v) is 10.1. The molecule has 0 unspecified atom stereocenters. The van der Waals surface area contributed by atoms with Crippen molar-refractivity contribution in [3.63, 3.8) is 0 Å². The Balaban J connectivity index is 1.34. The maximum absolute atomic E-state index is 6.70. The molecule has 0 N–H and O–H groups in total. The van der Waals surface area contributed by atoms with E-state index in [4.69, 9.17) is 4.42 Å². The Bertz CT molecular complexity index is 3560. The third-order valence-corrected chi connectivity index (χ3v) is 13.7. The molecule has 3 nitrogen and oxygen atoms in total. The van der Waals surface area contributed by atoms with Crippen LogP contribution in [0.1, 0.15) is 94.1 Å². The minimum atomic E-state index is 0.0344. The third-order valence-electron chi connectivity index (χ3n) is 13.7. The molecule has 0 bridgehead atoms. The predicted molar refractivity (Wildman–Crippen MR) is 309 cm³/mol. The smallest absolute Gasteiger partial charge is 0.159 e. The molecule has 1 aliphatic carbocycles. The van der Waals surface area contributed by atoms with Crippen molar-refractivity contribution in [3.8, 4) is 33.6 Å². The normalized spacial score (nSPS) is 13.3. The van der Waals surface area contributed by atoms with Gasteiger partial charge in [0.05, 0.1) is 22.4 Å². The molecule has 0 atom stereocenters. The number of aromatic nitrogens is 2. The quantitative estimate of drug-likeness (QED) is 0.0787. The van der Waals surface area contributed by atoms with Crippen molar-refractivity contribution in [3.05, 3.63) is 240 Å². The standard InChI is InChI=1S/C68H66N2O/c1-9-12-25-48(4)39-40-51(41-43-68(7,8)42-11-3)54-45-55(47-56(46-54)59-33-24-36-63-66(59)60-31-20-21-35-62(60)70(63)57-29-17-15-18-30-57)52-28-22-26-49(5)69(61-34-19-14-16-27-53(61)44-52)64-37-23-32-58-50(6)65(38-13-10-2)71-67(58)64/h9-10,12-13,15-24,26-41,43-47H,2,11,14,25,42H2,1,3-8H3/b12-9-,28-22?,38-13-,43-41+,48-39+,49-26?,51-40+,52-44?. The van der Waals surface area contributed by atoms with Gasteiger partial charge in [-0.2, -0.15) is 0 Å². The largest absolute Gasteiger partial charge is 0.454 e. The Hall–Kier alpha value is -7.88. The van der Waals surface area contributed by atoms with Crippen LogP contribution in [0, 0.1) is 19.3 Å². The van der Waals surface area contributed by atoms with E-state index in [2.05, 4.69) is 258 Å². The van der Waals surface area contributed by atoms with Gasteiger partial charge in [0.15, 0.2) is 5.58 Å². The third kappa shape index (κ3) is 10.2. The van der Waals surface area contributed by atoms with Gasteiger partial charge >= 0.3 is 0 Å². The molecular formula is C68H66N2O. The lowest BCUT2D eigenvalue weighted by Crippen LogP contribution is -2.06. The maximum Gasteiger partial charge on any atom is 0.159 e. The van der Waals surface area contributed by atoms with Crippen LogP contribution in [0.2, 0.25) is 0 Å². The molecule has 0 saturated carbocycles. The van der Waals surface area contributed by atoms with Gasteiger partial charge in [-0.15, -0.1) is 0 Å². The summed E-state index contributed by atoms with van der Waals surface area (Å²) in [6, 6.07) is 49.2. The maximum atomic E-state index is 6.70. The van der Waals surface area contributed by atoms with Crippen molar-refractivity contribution in [2.24, 2.45) is 5.41 Å². The van der Waals surface area contributed by atoms with Gasteiger partial charge in [-0.3, -0.25) is 0 Å². The molecule has 3 heterocycles. The first kappa shape index (κ1) is 48.2. The summed E-state index contributed by atoms with van der Waals surface area (Å²) in [6.07, 6.45) is 32.5. The minimum absolute atomic E-state index is 0.0344. The molecule has 3 aromatic heterocycles. The van der Waals surface area contributed by atoms with Gasteiger partial charge in [-0.1, -0.05) is 179 Å². The second-order valence-corrected chi connectivity index (χ2v) is 19.5. The number of allylic oxidation sites excluding steroid dienone is 12. The van der Waals surface area contributed by atoms with E-state index in [1.807, 2.05) is 12.2 Å². The number of rotatable bonds is 14. The molecular weight excluding hydrogens is 861 g/mol. The van der Waals surface area contributed by atoms with E-state index in [1.54, 1.807) is 6.08 Å². The number of hydrogen-bond acceptors (Lipinski definition) is 1. The summed E-state index contributed by atoms with van der Waals surface area (Å²) < 4.78 is 11.5. The van der Waals surface area contributed by atoms with Crippen LogP contribution >= 0.6 is 0 Å². The molecule has 5 aromatic carbocycles. The van der Waals surface area contributed by atoms with Crippen LogP contribution in [0.4, 0.5) is 0 Å². The van der Waals surface area contributed by atoms with Crippen molar-refractivity contribution in [2.75, 3.05) is 0 Å². The first-order valence-corrected chi connectivity index (χ1v) is 25.3. The minimum Gasteiger partial charge on any atom is -0.454 e. The second kappa shape index (κ2) is 21.4. The highest BCUT2D eigenvalue weighted by Crippen LogP contribution is 2.42. The number of aryl methyl sites for hydroxylation is 2. The van der Waals surface area contributed by atoms with E-state index >= 15 is 0 Å². The number of para-hydroxylation sites is 3. The highest BCUT2D eigenvalue weighted by molar-refractivity contribution is 6.16. The van der Waals surface area contributed by atoms with Crippen LogP contribution in [0.5, 0.6) is 0 Å². The number of furan rings is 1.